The number of hydrogen-bond acceptors (Lipinski definition) is 4. The molecule has 4 heteroatoms. The Morgan fingerprint density at radius 1 is 1.17 bits per heavy atom. The normalized spacial score (nSPS) is 49.0. The van der Waals surface area contributed by atoms with Crippen molar-refractivity contribution < 1.29 is 19.8 Å². The van der Waals surface area contributed by atoms with Crippen molar-refractivity contribution in [3.8, 4) is 0 Å². The minimum Gasteiger partial charge on any atom is -0.504 e. The Morgan fingerprint density at radius 3 is 2.65 bits per heavy atom. The largest absolute Gasteiger partial charge is 0.504 e. The second-order valence-electron chi connectivity index (χ2n) is 8.32. The highest BCUT2D eigenvalue weighted by Gasteiger charge is 2.60. The molecule has 2 N–H and O–H groups in total. The van der Waals surface area contributed by atoms with E-state index in [0.29, 0.717) is 24.5 Å². The van der Waals surface area contributed by atoms with Crippen molar-refractivity contribution in [1.29, 1.82) is 0 Å². The van der Waals surface area contributed by atoms with E-state index in [1.807, 2.05) is 6.92 Å². The van der Waals surface area contributed by atoms with Crippen LogP contribution in [0.25, 0.3) is 0 Å². The number of fused-ring (bicyclic) bond motifs is 5. The van der Waals surface area contributed by atoms with Gasteiger partial charge in [0, 0.05) is 17.3 Å². The standard InChI is InChI=1S/C19H24O4/c1-18-6-5-12-10(11(18)3-4-17(18)23)7-14(20)13-8-15(21)16(22)9-19(12,13)2/h8-12,14,20,22H,3-7H2,1-2H3/t10?,11-,12-,14+,18-,19+/m0/s1. The van der Waals surface area contributed by atoms with E-state index < -0.39 is 17.3 Å². The fourth-order valence-corrected chi connectivity index (χ4v) is 6.10. The molecule has 4 nitrogen and oxygen atoms in total. The maximum Gasteiger partial charge on any atom is 0.219 e. The maximum atomic E-state index is 12.4. The van der Waals surface area contributed by atoms with Crippen molar-refractivity contribution in [2.45, 2.75) is 52.1 Å². The van der Waals surface area contributed by atoms with E-state index in [9.17, 15) is 19.8 Å². The third-order valence-corrected chi connectivity index (χ3v) is 7.37. The summed E-state index contributed by atoms with van der Waals surface area (Å²) in [6.07, 6.45) is 6.40. The average molecular weight is 316 g/mol. The van der Waals surface area contributed by atoms with E-state index in [1.165, 1.54) is 6.08 Å². The summed E-state index contributed by atoms with van der Waals surface area (Å²) in [5.41, 5.74) is 0.0247. The van der Waals surface area contributed by atoms with Gasteiger partial charge in [-0.1, -0.05) is 13.8 Å². The highest BCUT2D eigenvalue weighted by Crippen LogP contribution is 2.63. The lowest BCUT2D eigenvalue weighted by Gasteiger charge is -2.56. The van der Waals surface area contributed by atoms with Gasteiger partial charge in [0.2, 0.25) is 5.78 Å². The lowest BCUT2D eigenvalue weighted by Crippen LogP contribution is -2.53. The van der Waals surface area contributed by atoms with Crippen molar-refractivity contribution >= 4 is 11.6 Å². The summed E-state index contributed by atoms with van der Waals surface area (Å²) in [7, 11) is 0. The molecule has 124 valence electrons. The predicted octanol–water partition coefficient (Wildman–Crippen LogP) is 2.72. The van der Waals surface area contributed by atoms with Gasteiger partial charge in [-0.2, -0.15) is 0 Å². The lowest BCUT2D eigenvalue weighted by molar-refractivity contribution is -0.133. The predicted molar refractivity (Wildman–Crippen MR) is 84.6 cm³/mol. The molecule has 3 saturated carbocycles. The summed E-state index contributed by atoms with van der Waals surface area (Å²) in [6, 6.07) is 0. The van der Waals surface area contributed by atoms with Crippen molar-refractivity contribution in [3.05, 3.63) is 23.5 Å². The first-order valence-corrected chi connectivity index (χ1v) is 8.67. The van der Waals surface area contributed by atoms with Gasteiger partial charge < -0.3 is 10.2 Å². The minimum atomic E-state index is -0.660. The summed E-state index contributed by atoms with van der Waals surface area (Å²) < 4.78 is 0. The zero-order valence-electron chi connectivity index (χ0n) is 13.7. The first-order chi connectivity index (χ1) is 10.8. The van der Waals surface area contributed by atoms with Crippen LogP contribution in [0, 0.1) is 28.6 Å². The quantitative estimate of drug-likeness (QED) is 0.720. The summed E-state index contributed by atoms with van der Waals surface area (Å²) in [5, 5.41) is 20.6. The van der Waals surface area contributed by atoms with Crippen LogP contribution in [0.15, 0.2) is 23.5 Å². The number of carbonyl (C=O) groups is 2. The van der Waals surface area contributed by atoms with Crippen LogP contribution in [0.1, 0.15) is 46.0 Å². The van der Waals surface area contributed by atoms with Gasteiger partial charge in [0.1, 0.15) is 5.78 Å². The Balaban J connectivity index is 1.78. The van der Waals surface area contributed by atoms with Gasteiger partial charge in [-0.15, -0.1) is 0 Å². The molecule has 0 aromatic rings. The number of aliphatic hydroxyl groups excluding tert-OH is 2. The second kappa shape index (κ2) is 4.56. The molecule has 0 heterocycles. The summed E-state index contributed by atoms with van der Waals surface area (Å²) in [5.74, 6) is 0.617. The zero-order chi connectivity index (χ0) is 16.6. The Labute approximate surface area is 136 Å². The van der Waals surface area contributed by atoms with Crippen molar-refractivity contribution in [1.82, 2.24) is 0 Å². The highest BCUT2D eigenvalue weighted by molar-refractivity contribution is 6.04. The summed E-state index contributed by atoms with van der Waals surface area (Å²) in [4.78, 5) is 24.2. The van der Waals surface area contributed by atoms with Crippen molar-refractivity contribution in [2.75, 3.05) is 0 Å². The molecule has 0 amide bonds. The number of allylic oxidation sites excluding steroid dienone is 2. The van der Waals surface area contributed by atoms with E-state index >= 15 is 0 Å². The van der Waals surface area contributed by atoms with Gasteiger partial charge in [0.25, 0.3) is 0 Å². The maximum absolute atomic E-state index is 12.4. The number of hydrogen-bond donors (Lipinski definition) is 2. The fraction of sp³-hybridized carbons (Fsp3) is 0.684. The number of aliphatic hydroxyl groups is 2. The number of rotatable bonds is 0. The van der Waals surface area contributed by atoms with Crippen LogP contribution in [0.2, 0.25) is 0 Å². The molecule has 0 saturated heterocycles. The Bertz CT molecular complexity index is 660. The van der Waals surface area contributed by atoms with Gasteiger partial charge in [-0.05, 0) is 61.2 Å². The molecule has 4 aliphatic rings. The Hall–Kier alpha value is -1.42. The Morgan fingerprint density at radius 2 is 1.91 bits per heavy atom. The first kappa shape index (κ1) is 15.1. The number of ketones is 2. The molecule has 0 spiro atoms. The van der Waals surface area contributed by atoms with Crippen LogP contribution < -0.4 is 0 Å². The van der Waals surface area contributed by atoms with E-state index in [0.717, 1.165) is 24.8 Å². The summed E-state index contributed by atoms with van der Waals surface area (Å²) >= 11 is 0. The van der Waals surface area contributed by atoms with Crippen LogP contribution >= 0.6 is 0 Å². The van der Waals surface area contributed by atoms with E-state index in [1.54, 1.807) is 6.08 Å². The van der Waals surface area contributed by atoms with Crippen LogP contribution in [-0.2, 0) is 9.59 Å². The van der Waals surface area contributed by atoms with Gasteiger partial charge in [-0.3, -0.25) is 9.59 Å². The molecule has 0 aromatic carbocycles. The molecule has 0 radical (unpaired) electrons. The molecule has 4 rings (SSSR count). The molecular weight excluding hydrogens is 292 g/mol. The van der Waals surface area contributed by atoms with Crippen LogP contribution in [0.3, 0.4) is 0 Å². The van der Waals surface area contributed by atoms with E-state index in [2.05, 4.69) is 6.92 Å². The van der Waals surface area contributed by atoms with Gasteiger partial charge in [0.05, 0.1) is 6.10 Å². The zero-order valence-corrected chi connectivity index (χ0v) is 13.7. The monoisotopic (exact) mass is 316 g/mol. The SMILES string of the molecule is C[C@]12C=C(O)C(=O)C=C1[C@H](O)CC1[C@@H]2CC[C@]2(C)C(=O)CC[C@@H]12. The van der Waals surface area contributed by atoms with Crippen molar-refractivity contribution in [2.24, 2.45) is 28.6 Å². The third-order valence-electron chi connectivity index (χ3n) is 7.37. The number of carbonyl (C=O) groups excluding carboxylic acids is 2. The molecule has 0 aliphatic heterocycles. The summed E-state index contributed by atoms with van der Waals surface area (Å²) in [6.45, 7) is 4.13. The molecule has 6 atom stereocenters. The molecule has 0 bridgehead atoms. The lowest BCUT2D eigenvalue weighted by atomic mass is 9.48. The van der Waals surface area contributed by atoms with Gasteiger partial charge in [-0.25, -0.2) is 0 Å². The van der Waals surface area contributed by atoms with Gasteiger partial charge >= 0.3 is 0 Å². The Kier molecular flexibility index (Phi) is 3.00. The molecule has 0 aromatic heterocycles. The van der Waals surface area contributed by atoms with Crippen molar-refractivity contribution in [3.63, 3.8) is 0 Å². The number of Topliss-reactive ketones (excluding diaryl/α,β-unsaturated/α-hetero) is 1. The van der Waals surface area contributed by atoms with Crippen LogP contribution in [0.4, 0.5) is 0 Å². The van der Waals surface area contributed by atoms with E-state index in [-0.39, 0.29) is 23.0 Å². The average Bonchev–Trinajstić information content (AvgIpc) is 2.78. The highest BCUT2D eigenvalue weighted by atomic mass is 16.3. The topological polar surface area (TPSA) is 74.6 Å². The third kappa shape index (κ3) is 1.81. The molecule has 1 unspecified atom stereocenters. The fourth-order valence-electron chi connectivity index (χ4n) is 6.10. The first-order valence-electron chi connectivity index (χ1n) is 8.67. The molecular formula is C19H24O4. The van der Waals surface area contributed by atoms with Crippen LogP contribution in [0.5, 0.6) is 0 Å². The van der Waals surface area contributed by atoms with E-state index in [4.69, 9.17) is 0 Å². The molecule has 3 fully saturated rings. The second-order valence-corrected chi connectivity index (χ2v) is 8.32. The van der Waals surface area contributed by atoms with Gasteiger partial charge in [0.15, 0.2) is 5.76 Å². The molecule has 4 aliphatic carbocycles. The minimum absolute atomic E-state index is 0.208. The smallest absolute Gasteiger partial charge is 0.219 e. The molecule has 23 heavy (non-hydrogen) atoms. The van der Waals surface area contributed by atoms with Crippen LogP contribution in [-0.4, -0.2) is 27.9 Å².